The van der Waals surface area contributed by atoms with Gasteiger partial charge in [0.05, 0.1) is 12.5 Å². The summed E-state index contributed by atoms with van der Waals surface area (Å²) in [5.74, 6) is -3.05. The minimum atomic E-state index is -1.76. The highest BCUT2D eigenvalue weighted by Gasteiger charge is 2.41. The molecule has 4 atom stereocenters. The Morgan fingerprint density at radius 3 is 2.16 bits per heavy atom. The highest BCUT2D eigenvalue weighted by molar-refractivity contribution is 5.92. The molecule has 12 nitrogen and oxygen atoms in total. The van der Waals surface area contributed by atoms with E-state index in [4.69, 9.17) is 15.2 Å². The average Bonchev–Trinajstić information content (AvgIpc) is 3.45. The molecule has 2 aromatic rings. The van der Waals surface area contributed by atoms with Gasteiger partial charge in [-0.3, -0.25) is 14.4 Å². The molecular weight excluding hydrogens is 556 g/mol. The number of esters is 1. The third-order valence-electron chi connectivity index (χ3n) is 6.70. The largest absolute Gasteiger partial charge is 0.458 e. The lowest BCUT2D eigenvalue weighted by Crippen LogP contribution is -2.58. The SMILES string of the molecule is CC(C)(C)OC(=O)[C@@H]1CCCN1C(=O)C(O)[C@H](Cc1ccccc1)NC(=O)[C@H](CC(N)=O)NC(=O)OCc1ccccc1. The molecule has 1 unspecified atom stereocenters. The van der Waals surface area contributed by atoms with Gasteiger partial charge in [0.15, 0.2) is 6.10 Å². The van der Waals surface area contributed by atoms with Crippen molar-refractivity contribution in [3.63, 3.8) is 0 Å². The number of benzene rings is 2. The van der Waals surface area contributed by atoms with E-state index in [1.165, 1.54) is 4.90 Å². The first-order valence-corrected chi connectivity index (χ1v) is 14.2. The Morgan fingerprint density at radius 2 is 1.58 bits per heavy atom. The predicted molar refractivity (Wildman–Crippen MR) is 156 cm³/mol. The molecule has 232 valence electrons. The number of hydrogen-bond donors (Lipinski definition) is 4. The fourth-order valence-corrected chi connectivity index (χ4v) is 4.70. The number of primary amides is 1. The number of nitrogens with one attached hydrogen (secondary N) is 2. The number of carbonyl (C=O) groups excluding carboxylic acids is 5. The van der Waals surface area contributed by atoms with Crippen molar-refractivity contribution in [2.24, 2.45) is 5.73 Å². The molecule has 1 fully saturated rings. The summed E-state index contributed by atoms with van der Waals surface area (Å²) < 4.78 is 10.7. The molecule has 2 aromatic carbocycles. The Hall–Kier alpha value is -4.45. The number of aliphatic hydroxyl groups excluding tert-OH is 1. The summed E-state index contributed by atoms with van der Waals surface area (Å²) >= 11 is 0. The van der Waals surface area contributed by atoms with Crippen LogP contribution >= 0.6 is 0 Å². The first-order chi connectivity index (χ1) is 20.3. The van der Waals surface area contributed by atoms with Gasteiger partial charge in [0.25, 0.3) is 5.91 Å². The number of alkyl carbamates (subject to hydrolysis) is 1. The summed E-state index contributed by atoms with van der Waals surface area (Å²) in [5.41, 5.74) is 5.99. The van der Waals surface area contributed by atoms with E-state index < -0.39 is 66.0 Å². The molecule has 43 heavy (non-hydrogen) atoms. The normalized spacial score (nSPS) is 16.8. The van der Waals surface area contributed by atoms with Gasteiger partial charge in [-0.2, -0.15) is 0 Å². The molecule has 12 heteroatoms. The van der Waals surface area contributed by atoms with Gasteiger partial charge in [-0.25, -0.2) is 9.59 Å². The van der Waals surface area contributed by atoms with Crippen LogP contribution in [0.2, 0.25) is 0 Å². The lowest BCUT2D eigenvalue weighted by Gasteiger charge is -2.32. The molecule has 4 amide bonds. The zero-order chi connectivity index (χ0) is 31.6. The number of carbonyl (C=O) groups is 5. The molecule has 0 spiro atoms. The molecule has 0 saturated carbocycles. The van der Waals surface area contributed by atoms with Crippen LogP contribution in [-0.2, 0) is 41.7 Å². The van der Waals surface area contributed by atoms with Gasteiger partial charge in [-0.1, -0.05) is 60.7 Å². The van der Waals surface area contributed by atoms with E-state index in [1.807, 2.05) is 6.07 Å². The van der Waals surface area contributed by atoms with Gasteiger partial charge >= 0.3 is 12.1 Å². The van der Waals surface area contributed by atoms with Crippen molar-refractivity contribution >= 4 is 29.8 Å². The summed E-state index contributed by atoms with van der Waals surface area (Å²) in [5, 5.41) is 16.2. The second kappa shape index (κ2) is 15.1. The van der Waals surface area contributed by atoms with Crippen LogP contribution in [0, 0.1) is 0 Å². The van der Waals surface area contributed by atoms with Gasteiger partial charge in [-0.15, -0.1) is 0 Å². The third kappa shape index (κ3) is 10.4. The maximum Gasteiger partial charge on any atom is 0.408 e. The predicted octanol–water partition coefficient (Wildman–Crippen LogP) is 1.58. The van der Waals surface area contributed by atoms with Crippen molar-refractivity contribution in [1.29, 1.82) is 0 Å². The molecule has 1 aliphatic heterocycles. The van der Waals surface area contributed by atoms with E-state index in [-0.39, 0.29) is 19.6 Å². The molecule has 1 aliphatic rings. The lowest BCUT2D eigenvalue weighted by molar-refractivity contribution is -0.165. The number of nitrogens with two attached hydrogens (primary N) is 1. The van der Waals surface area contributed by atoms with Crippen molar-refractivity contribution in [3.05, 3.63) is 71.8 Å². The van der Waals surface area contributed by atoms with Crippen LogP contribution in [0.4, 0.5) is 4.79 Å². The molecule has 1 saturated heterocycles. The van der Waals surface area contributed by atoms with Crippen LogP contribution in [0.1, 0.15) is 51.2 Å². The molecular formula is C31H40N4O8. The Kier molecular flexibility index (Phi) is 11.6. The van der Waals surface area contributed by atoms with Crippen LogP contribution in [0.15, 0.2) is 60.7 Å². The smallest absolute Gasteiger partial charge is 0.408 e. The quantitative estimate of drug-likeness (QED) is 0.267. The number of likely N-dealkylation sites (tertiary alicyclic amines) is 1. The second-order valence-corrected chi connectivity index (χ2v) is 11.4. The van der Waals surface area contributed by atoms with Crippen molar-refractivity contribution < 1.29 is 38.6 Å². The summed E-state index contributed by atoms with van der Waals surface area (Å²) in [6.07, 6.45) is -2.33. The van der Waals surface area contributed by atoms with E-state index in [2.05, 4.69) is 10.6 Å². The maximum absolute atomic E-state index is 13.5. The number of aliphatic hydroxyl groups is 1. The van der Waals surface area contributed by atoms with E-state index >= 15 is 0 Å². The van der Waals surface area contributed by atoms with Crippen molar-refractivity contribution in [3.8, 4) is 0 Å². The van der Waals surface area contributed by atoms with Gasteiger partial charge in [-0.05, 0) is 51.2 Å². The zero-order valence-corrected chi connectivity index (χ0v) is 24.7. The lowest BCUT2D eigenvalue weighted by atomic mass is 9.99. The average molecular weight is 597 g/mol. The Morgan fingerprint density at radius 1 is 0.977 bits per heavy atom. The minimum Gasteiger partial charge on any atom is -0.458 e. The Labute approximate surface area is 250 Å². The van der Waals surface area contributed by atoms with Crippen LogP contribution in [0.5, 0.6) is 0 Å². The third-order valence-corrected chi connectivity index (χ3v) is 6.70. The molecule has 0 bridgehead atoms. The van der Waals surface area contributed by atoms with Crippen molar-refractivity contribution in [2.75, 3.05) is 6.54 Å². The number of nitrogens with zero attached hydrogens (tertiary/aromatic N) is 1. The van der Waals surface area contributed by atoms with Gasteiger partial charge < -0.3 is 35.8 Å². The molecule has 1 heterocycles. The van der Waals surface area contributed by atoms with E-state index in [0.29, 0.717) is 24.0 Å². The van der Waals surface area contributed by atoms with Gasteiger partial charge in [0.1, 0.15) is 24.3 Å². The molecule has 5 N–H and O–H groups in total. The molecule has 0 aromatic heterocycles. The molecule has 0 radical (unpaired) electrons. The Balaban J connectivity index is 1.76. The highest BCUT2D eigenvalue weighted by atomic mass is 16.6. The van der Waals surface area contributed by atoms with Gasteiger partial charge in [0, 0.05) is 6.54 Å². The van der Waals surface area contributed by atoms with E-state index in [0.717, 1.165) is 0 Å². The number of ether oxygens (including phenoxy) is 2. The van der Waals surface area contributed by atoms with E-state index in [1.54, 1.807) is 75.4 Å². The maximum atomic E-state index is 13.5. The summed E-state index contributed by atoms with van der Waals surface area (Å²) in [6.45, 7) is 5.32. The fourth-order valence-electron chi connectivity index (χ4n) is 4.70. The number of rotatable bonds is 12. The highest BCUT2D eigenvalue weighted by Crippen LogP contribution is 2.23. The molecule has 3 rings (SSSR count). The van der Waals surface area contributed by atoms with Crippen molar-refractivity contribution in [1.82, 2.24) is 15.5 Å². The summed E-state index contributed by atoms with van der Waals surface area (Å²) in [7, 11) is 0. The van der Waals surface area contributed by atoms with Crippen LogP contribution in [0.3, 0.4) is 0 Å². The topological polar surface area (TPSA) is 177 Å². The minimum absolute atomic E-state index is 0.0339. The summed E-state index contributed by atoms with van der Waals surface area (Å²) in [6, 6.07) is 14.2. The van der Waals surface area contributed by atoms with Crippen molar-refractivity contribution in [2.45, 2.75) is 82.9 Å². The van der Waals surface area contributed by atoms with Crippen LogP contribution in [-0.4, -0.2) is 76.2 Å². The fraction of sp³-hybridized carbons (Fsp3) is 0.452. The second-order valence-electron chi connectivity index (χ2n) is 11.4. The number of hydrogen-bond acceptors (Lipinski definition) is 8. The zero-order valence-electron chi connectivity index (χ0n) is 24.7. The van der Waals surface area contributed by atoms with Crippen LogP contribution in [0.25, 0.3) is 0 Å². The monoisotopic (exact) mass is 596 g/mol. The van der Waals surface area contributed by atoms with Crippen LogP contribution < -0.4 is 16.4 Å². The summed E-state index contributed by atoms with van der Waals surface area (Å²) in [4.78, 5) is 65.2. The number of amides is 4. The Bertz CT molecular complexity index is 1270. The van der Waals surface area contributed by atoms with E-state index in [9.17, 15) is 29.1 Å². The van der Waals surface area contributed by atoms with Gasteiger partial charge in [0.2, 0.25) is 11.8 Å². The molecule has 0 aliphatic carbocycles. The first kappa shape index (κ1) is 33.1. The first-order valence-electron chi connectivity index (χ1n) is 14.2. The standard InChI is InChI=1S/C31H40N4O8/c1-31(2,3)43-29(40)24-15-10-16-35(24)28(39)26(37)22(17-20-11-6-4-7-12-20)33-27(38)23(18-25(32)36)34-30(41)42-19-21-13-8-5-9-14-21/h4-9,11-14,22-24,26,37H,10,15-19H2,1-3H3,(H2,32,36)(H,33,38)(H,34,41)/t22-,23-,24-,26?/m0/s1.